The smallest absolute Gasteiger partial charge is 0.225 e. The first-order chi connectivity index (χ1) is 9.83. The lowest BCUT2D eigenvalue weighted by Crippen LogP contribution is -2.31. The molecule has 0 radical (unpaired) electrons. The molecule has 1 fully saturated rings. The molecule has 0 unspecified atom stereocenters. The van der Waals surface area contributed by atoms with Gasteiger partial charge in [0, 0.05) is 50.7 Å². The number of anilines is 1. The van der Waals surface area contributed by atoms with E-state index in [0.717, 1.165) is 57.3 Å². The second-order valence-corrected chi connectivity index (χ2v) is 5.29. The molecule has 0 aliphatic carbocycles. The van der Waals surface area contributed by atoms with E-state index in [1.807, 2.05) is 12.4 Å². The second kappa shape index (κ2) is 8.17. The predicted molar refractivity (Wildman–Crippen MR) is 83.0 cm³/mol. The van der Waals surface area contributed by atoms with Crippen molar-refractivity contribution in [1.29, 1.82) is 0 Å². The standard InChI is InChI=1S/C15H27N5/c1-3-19(4-2)10-7-16-11-14-12-17-15(18-13-14)20-8-5-6-9-20/h12-13,16H,3-11H2,1-2H3. The molecular weight excluding hydrogens is 250 g/mol. The summed E-state index contributed by atoms with van der Waals surface area (Å²) in [4.78, 5) is 13.6. The monoisotopic (exact) mass is 277 g/mol. The van der Waals surface area contributed by atoms with Gasteiger partial charge in [-0.25, -0.2) is 9.97 Å². The highest BCUT2D eigenvalue weighted by molar-refractivity contribution is 5.30. The molecule has 0 atom stereocenters. The van der Waals surface area contributed by atoms with E-state index in [4.69, 9.17) is 0 Å². The average molecular weight is 277 g/mol. The summed E-state index contributed by atoms with van der Waals surface area (Å²) < 4.78 is 0. The molecule has 1 saturated heterocycles. The van der Waals surface area contributed by atoms with E-state index < -0.39 is 0 Å². The van der Waals surface area contributed by atoms with Gasteiger partial charge in [0.15, 0.2) is 0 Å². The van der Waals surface area contributed by atoms with Crippen LogP contribution < -0.4 is 10.2 Å². The molecule has 1 N–H and O–H groups in total. The van der Waals surface area contributed by atoms with Gasteiger partial charge in [0.05, 0.1) is 0 Å². The van der Waals surface area contributed by atoms with Crippen LogP contribution in [0.1, 0.15) is 32.3 Å². The molecule has 2 heterocycles. The first kappa shape index (κ1) is 15.2. The second-order valence-electron chi connectivity index (χ2n) is 5.29. The van der Waals surface area contributed by atoms with Crippen molar-refractivity contribution >= 4 is 5.95 Å². The molecule has 0 spiro atoms. The quantitative estimate of drug-likeness (QED) is 0.730. The van der Waals surface area contributed by atoms with Crippen molar-refractivity contribution in [2.24, 2.45) is 0 Å². The van der Waals surface area contributed by atoms with Crippen molar-refractivity contribution in [2.45, 2.75) is 33.2 Å². The predicted octanol–water partition coefficient (Wildman–Crippen LogP) is 1.51. The lowest BCUT2D eigenvalue weighted by molar-refractivity contribution is 0.302. The van der Waals surface area contributed by atoms with Gasteiger partial charge in [-0.15, -0.1) is 0 Å². The van der Waals surface area contributed by atoms with Crippen LogP contribution in [0.25, 0.3) is 0 Å². The molecular formula is C15H27N5. The Labute approximate surface area is 122 Å². The number of rotatable bonds is 8. The molecule has 0 amide bonds. The Hall–Kier alpha value is -1.20. The highest BCUT2D eigenvalue weighted by atomic mass is 15.3. The Morgan fingerprint density at radius 2 is 1.80 bits per heavy atom. The lowest BCUT2D eigenvalue weighted by Gasteiger charge is -2.18. The summed E-state index contributed by atoms with van der Waals surface area (Å²) in [5.74, 6) is 0.884. The van der Waals surface area contributed by atoms with Gasteiger partial charge >= 0.3 is 0 Å². The van der Waals surface area contributed by atoms with Crippen LogP contribution in [0.2, 0.25) is 0 Å². The maximum Gasteiger partial charge on any atom is 0.225 e. The van der Waals surface area contributed by atoms with Gasteiger partial charge in [-0.1, -0.05) is 13.8 Å². The van der Waals surface area contributed by atoms with Gasteiger partial charge in [-0.05, 0) is 25.9 Å². The molecule has 0 aromatic carbocycles. The van der Waals surface area contributed by atoms with Crippen LogP contribution >= 0.6 is 0 Å². The summed E-state index contributed by atoms with van der Waals surface area (Å²) in [6.45, 7) is 11.8. The van der Waals surface area contributed by atoms with Crippen LogP contribution in [-0.4, -0.2) is 54.1 Å². The fourth-order valence-corrected chi connectivity index (χ4v) is 2.53. The molecule has 20 heavy (non-hydrogen) atoms. The van der Waals surface area contributed by atoms with Crippen molar-refractivity contribution in [3.8, 4) is 0 Å². The molecule has 5 nitrogen and oxygen atoms in total. The largest absolute Gasteiger partial charge is 0.341 e. The van der Waals surface area contributed by atoms with E-state index in [2.05, 4.69) is 38.9 Å². The SMILES string of the molecule is CCN(CC)CCNCc1cnc(N2CCCC2)nc1. The van der Waals surface area contributed by atoms with Gasteiger partial charge in [-0.3, -0.25) is 0 Å². The fraction of sp³-hybridized carbons (Fsp3) is 0.733. The maximum atomic E-state index is 4.47. The Bertz CT molecular complexity index is 368. The summed E-state index contributed by atoms with van der Waals surface area (Å²) >= 11 is 0. The van der Waals surface area contributed by atoms with Crippen molar-refractivity contribution in [1.82, 2.24) is 20.2 Å². The number of nitrogens with zero attached hydrogens (tertiary/aromatic N) is 4. The van der Waals surface area contributed by atoms with Crippen molar-refractivity contribution in [3.63, 3.8) is 0 Å². The lowest BCUT2D eigenvalue weighted by atomic mass is 10.3. The molecule has 2 rings (SSSR count). The Balaban J connectivity index is 1.71. The molecule has 5 heteroatoms. The van der Waals surface area contributed by atoms with Crippen LogP contribution in [0.5, 0.6) is 0 Å². The van der Waals surface area contributed by atoms with Crippen LogP contribution in [0.3, 0.4) is 0 Å². The third-order valence-electron chi connectivity index (χ3n) is 3.91. The maximum absolute atomic E-state index is 4.47. The third kappa shape index (κ3) is 4.42. The normalized spacial score (nSPS) is 15.2. The molecule has 0 saturated carbocycles. The van der Waals surface area contributed by atoms with Crippen LogP contribution in [-0.2, 0) is 6.54 Å². The van der Waals surface area contributed by atoms with E-state index in [-0.39, 0.29) is 0 Å². The Morgan fingerprint density at radius 3 is 2.40 bits per heavy atom. The molecule has 1 aromatic heterocycles. The number of hydrogen-bond donors (Lipinski definition) is 1. The van der Waals surface area contributed by atoms with Gasteiger partial charge < -0.3 is 15.1 Å². The van der Waals surface area contributed by atoms with E-state index in [9.17, 15) is 0 Å². The number of likely N-dealkylation sites (N-methyl/N-ethyl adjacent to an activating group) is 1. The highest BCUT2D eigenvalue weighted by Crippen LogP contribution is 2.14. The first-order valence-electron chi connectivity index (χ1n) is 7.82. The number of hydrogen-bond acceptors (Lipinski definition) is 5. The molecule has 1 aliphatic heterocycles. The van der Waals surface area contributed by atoms with Gasteiger partial charge in [-0.2, -0.15) is 0 Å². The molecule has 1 aromatic rings. The van der Waals surface area contributed by atoms with E-state index in [0.29, 0.717) is 0 Å². The van der Waals surface area contributed by atoms with E-state index in [1.165, 1.54) is 12.8 Å². The highest BCUT2D eigenvalue weighted by Gasteiger charge is 2.14. The van der Waals surface area contributed by atoms with Crippen molar-refractivity contribution in [3.05, 3.63) is 18.0 Å². The minimum Gasteiger partial charge on any atom is -0.341 e. The average Bonchev–Trinajstić information content (AvgIpc) is 3.02. The van der Waals surface area contributed by atoms with Crippen LogP contribution in [0.4, 0.5) is 5.95 Å². The summed E-state index contributed by atoms with van der Waals surface area (Å²) in [6, 6.07) is 0. The Kier molecular flexibility index (Phi) is 6.21. The zero-order chi connectivity index (χ0) is 14.2. The molecule has 1 aliphatic rings. The molecule has 0 bridgehead atoms. The number of aromatic nitrogens is 2. The van der Waals surface area contributed by atoms with Crippen LogP contribution in [0, 0.1) is 0 Å². The zero-order valence-corrected chi connectivity index (χ0v) is 12.8. The van der Waals surface area contributed by atoms with Crippen LogP contribution in [0.15, 0.2) is 12.4 Å². The summed E-state index contributed by atoms with van der Waals surface area (Å²) in [7, 11) is 0. The fourth-order valence-electron chi connectivity index (χ4n) is 2.53. The zero-order valence-electron chi connectivity index (χ0n) is 12.8. The van der Waals surface area contributed by atoms with Gasteiger partial charge in [0.1, 0.15) is 0 Å². The minimum atomic E-state index is 0.849. The first-order valence-corrected chi connectivity index (χ1v) is 7.82. The molecule has 112 valence electrons. The van der Waals surface area contributed by atoms with Gasteiger partial charge in [0.2, 0.25) is 5.95 Å². The topological polar surface area (TPSA) is 44.3 Å². The Morgan fingerprint density at radius 1 is 1.15 bits per heavy atom. The summed E-state index contributed by atoms with van der Waals surface area (Å²) in [6.07, 6.45) is 6.42. The summed E-state index contributed by atoms with van der Waals surface area (Å²) in [5, 5.41) is 3.45. The van der Waals surface area contributed by atoms with E-state index >= 15 is 0 Å². The van der Waals surface area contributed by atoms with Crippen molar-refractivity contribution in [2.75, 3.05) is 44.2 Å². The van der Waals surface area contributed by atoms with Gasteiger partial charge in [0.25, 0.3) is 0 Å². The van der Waals surface area contributed by atoms with Crippen molar-refractivity contribution < 1.29 is 0 Å². The number of nitrogens with one attached hydrogen (secondary N) is 1. The minimum absolute atomic E-state index is 0.849. The summed E-state index contributed by atoms with van der Waals surface area (Å²) in [5.41, 5.74) is 1.16. The third-order valence-corrected chi connectivity index (χ3v) is 3.91. The van der Waals surface area contributed by atoms with E-state index in [1.54, 1.807) is 0 Å².